The number of nitrogens with zero attached hydrogens (tertiary/aromatic N) is 1. The Morgan fingerprint density at radius 2 is 1.82 bits per heavy atom. The molecule has 178 valence electrons. The lowest BCUT2D eigenvalue weighted by Gasteiger charge is -2.32. The summed E-state index contributed by atoms with van der Waals surface area (Å²) in [5.74, 6) is -0.406. The second-order valence-electron chi connectivity index (χ2n) is 8.75. The van der Waals surface area contributed by atoms with Crippen LogP contribution >= 0.6 is 11.8 Å². The molecule has 1 N–H and O–H groups in total. The Bertz CT molecular complexity index is 980. The third-order valence-corrected chi connectivity index (χ3v) is 8.47. The lowest BCUT2D eigenvalue weighted by molar-refractivity contribution is -0.139. The summed E-state index contributed by atoms with van der Waals surface area (Å²) in [4.78, 5) is 13.3. The zero-order chi connectivity index (χ0) is 23.6. The molecule has 1 saturated heterocycles. The number of carboxylic acid groups (broad SMARTS) is 1. The molecule has 2 heterocycles. The maximum absolute atomic E-state index is 12.9. The SMILES string of the molecule is CC(C1CCC(c2ccc(C(F)(F)F)cc2)S1)N1CCc2ccc(OCC(=O)O)cc2CC1. The van der Waals surface area contributed by atoms with E-state index in [-0.39, 0.29) is 11.9 Å². The summed E-state index contributed by atoms with van der Waals surface area (Å²) in [5, 5.41) is 9.49. The van der Waals surface area contributed by atoms with E-state index in [0.29, 0.717) is 17.0 Å². The van der Waals surface area contributed by atoms with Gasteiger partial charge in [0.25, 0.3) is 0 Å². The number of hydrogen-bond donors (Lipinski definition) is 1. The average Bonchev–Trinajstić information content (AvgIpc) is 3.18. The topological polar surface area (TPSA) is 49.8 Å². The Morgan fingerprint density at radius 1 is 1.12 bits per heavy atom. The van der Waals surface area contributed by atoms with Crippen molar-refractivity contribution in [3.63, 3.8) is 0 Å². The standard InChI is InChI=1S/C25H28F3NO3S/c1-16(22-8-9-23(33-22)18-2-5-20(6-3-18)25(26,27)28)29-12-10-17-4-7-21(32-15-24(30)31)14-19(17)11-13-29/h2-7,14,16,22-23H,8-13,15H2,1H3,(H,30,31). The Hall–Kier alpha value is -2.19. The number of aliphatic carboxylic acids is 1. The molecule has 8 heteroatoms. The van der Waals surface area contributed by atoms with Crippen LogP contribution in [0.5, 0.6) is 5.75 Å². The highest BCUT2D eigenvalue weighted by molar-refractivity contribution is 8.00. The van der Waals surface area contributed by atoms with Crippen LogP contribution in [0.2, 0.25) is 0 Å². The Kier molecular flexibility index (Phi) is 7.24. The van der Waals surface area contributed by atoms with Gasteiger partial charge in [-0.05, 0) is 73.6 Å². The molecule has 2 aliphatic rings. The maximum Gasteiger partial charge on any atom is 0.416 e. The zero-order valence-electron chi connectivity index (χ0n) is 18.5. The Morgan fingerprint density at radius 3 is 2.48 bits per heavy atom. The molecule has 2 aromatic rings. The largest absolute Gasteiger partial charge is 0.482 e. The number of halogens is 3. The smallest absolute Gasteiger partial charge is 0.416 e. The van der Waals surface area contributed by atoms with Crippen molar-refractivity contribution in [3.05, 3.63) is 64.7 Å². The third kappa shape index (κ3) is 5.84. The van der Waals surface area contributed by atoms with Crippen LogP contribution in [-0.4, -0.2) is 47.0 Å². The lowest BCUT2D eigenvalue weighted by Crippen LogP contribution is -2.40. The van der Waals surface area contributed by atoms with Crippen LogP contribution in [0.4, 0.5) is 13.2 Å². The molecule has 1 fully saturated rings. The summed E-state index contributed by atoms with van der Waals surface area (Å²) >= 11 is 1.88. The molecule has 3 atom stereocenters. The van der Waals surface area contributed by atoms with Crippen molar-refractivity contribution < 1.29 is 27.8 Å². The summed E-state index contributed by atoms with van der Waals surface area (Å²) < 4.78 is 43.9. The van der Waals surface area contributed by atoms with Gasteiger partial charge in [-0.2, -0.15) is 13.2 Å². The van der Waals surface area contributed by atoms with Gasteiger partial charge < -0.3 is 9.84 Å². The molecular formula is C25H28F3NO3S. The first-order valence-corrected chi connectivity index (χ1v) is 12.2. The molecular weight excluding hydrogens is 451 g/mol. The molecule has 0 saturated carbocycles. The average molecular weight is 480 g/mol. The highest BCUT2D eigenvalue weighted by atomic mass is 32.2. The number of fused-ring (bicyclic) bond motifs is 1. The van der Waals surface area contributed by atoms with Crippen LogP contribution in [0, 0.1) is 0 Å². The minimum atomic E-state index is -4.30. The van der Waals surface area contributed by atoms with Gasteiger partial charge in [0.05, 0.1) is 5.56 Å². The quantitative estimate of drug-likeness (QED) is 0.585. The van der Waals surface area contributed by atoms with Gasteiger partial charge in [-0.15, -0.1) is 11.8 Å². The van der Waals surface area contributed by atoms with E-state index < -0.39 is 17.7 Å². The van der Waals surface area contributed by atoms with E-state index in [1.807, 2.05) is 30.0 Å². The van der Waals surface area contributed by atoms with Crippen molar-refractivity contribution >= 4 is 17.7 Å². The summed E-state index contributed by atoms with van der Waals surface area (Å²) in [5.41, 5.74) is 2.85. The van der Waals surface area contributed by atoms with Gasteiger partial charge >= 0.3 is 12.1 Å². The number of carboxylic acids is 1. The van der Waals surface area contributed by atoms with Crippen LogP contribution in [0.15, 0.2) is 42.5 Å². The number of rotatable bonds is 6. The molecule has 4 nitrogen and oxygen atoms in total. The van der Waals surface area contributed by atoms with Crippen LogP contribution < -0.4 is 4.74 Å². The number of hydrogen-bond acceptors (Lipinski definition) is 4. The summed E-state index contributed by atoms with van der Waals surface area (Å²) in [6.45, 7) is 3.77. The van der Waals surface area contributed by atoms with Gasteiger partial charge in [-0.1, -0.05) is 18.2 Å². The first kappa shape index (κ1) is 24.0. The fraction of sp³-hybridized carbons (Fsp3) is 0.480. The number of alkyl halides is 3. The predicted molar refractivity (Wildman–Crippen MR) is 123 cm³/mol. The number of thioether (sulfide) groups is 1. The van der Waals surface area contributed by atoms with Crippen LogP contribution in [0.3, 0.4) is 0 Å². The van der Waals surface area contributed by atoms with E-state index in [9.17, 15) is 18.0 Å². The van der Waals surface area contributed by atoms with Crippen molar-refractivity contribution in [2.75, 3.05) is 19.7 Å². The molecule has 2 aliphatic heterocycles. The zero-order valence-corrected chi connectivity index (χ0v) is 19.3. The van der Waals surface area contributed by atoms with Gasteiger partial charge in [0.15, 0.2) is 6.61 Å². The first-order valence-electron chi connectivity index (χ1n) is 11.2. The number of carbonyl (C=O) groups is 1. The molecule has 0 spiro atoms. The van der Waals surface area contributed by atoms with Gasteiger partial charge in [-0.3, -0.25) is 4.90 Å². The minimum Gasteiger partial charge on any atom is -0.482 e. The van der Waals surface area contributed by atoms with Gasteiger partial charge in [0, 0.05) is 29.6 Å². The molecule has 2 aromatic carbocycles. The predicted octanol–water partition coefficient (Wildman–Crippen LogP) is 5.59. The highest BCUT2D eigenvalue weighted by Crippen LogP contribution is 2.47. The van der Waals surface area contributed by atoms with Crippen LogP contribution in [0.25, 0.3) is 0 Å². The molecule has 0 radical (unpaired) electrons. The highest BCUT2D eigenvalue weighted by Gasteiger charge is 2.34. The van der Waals surface area contributed by atoms with Crippen molar-refractivity contribution in [2.24, 2.45) is 0 Å². The Labute approximate surface area is 196 Å². The fourth-order valence-electron chi connectivity index (χ4n) is 4.75. The molecule has 0 amide bonds. The minimum absolute atomic E-state index is 0.234. The fourth-order valence-corrected chi connectivity index (χ4v) is 6.43. The number of ether oxygens (including phenoxy) is 1. The normalized spacial score (nSPS) is 22.4. The molecule has 33 heavy (non-hydrogen) atoms. The van der Waals surface area contributed by atoms with Crippen molar-refractivity contribution in [2.45, 2.75) is 55.3 Å². The van der Waals surface area contributed by atoms with E-state index >= 15 is 0 Å². The molecule has 3 unspecified atom stereocenters. The van der Waals surface area contributed by atoms with E-state index in [0.717, 1.165) is 44.3 Å². The third-order valence-electron chi connectivity index (χ3n) is 6.65. The van der Waals surface area contributed by atoms with Gasteiger partial charge in [-0.25, -0.2) is 4.79 Å². The second-order valence-corrected chi connectivity index (χ2v) is 10.2. The summed E-state index contributed by atoms with van der Waals surface area (Å²) in [6.07, 6.45) is -0.467. The van der Waals surface area contributed by atoms with E-state index in [1.54, 1.807) is 12.1 Å². The molecule has 0 bridgehead atoms. The van der Waals surface area contributed by atoms with Crippen molar-refractivity contribution in [1.29, 1.82) is 0 Å². The lowest BCUT2D eigenvalue weighted by atomic mass is 10.0. The van der Waals surface area contributed by atoms with Crippen molar-refractivity contribution in [3.8, 4) is 5.75 Å². The van der Waals surface area contributed by atoms with E-state index in [4.69, 9.17) is 9.84 Å². The first-order chi connectivity index (χ1) is 15.7. The van der Waals surface area contributed by atoms with Crippen LogP contribution in [0.1, 0.15) is 47.3 Å². The summed E-state index contributed by atoms with van der Waals surface area (Å²) in [7, 11) is 0. The monoisotopic (exact) mass is 479 g/mol. The van der Waals surface area contributed by atoms with E-state index in [1.165, 1.54) is 23.3 Å². The second kappa shape index (κ2) is 9.97. The van der Waals surface area contributed by atoms with Gasteiger partial charge in [0.1, 0.15) is 5.75 Å². The molecule has 0 aliphatic carbocycles. The maximum atomic E-state index is 12.9. The Balaban J connectivity index is 1.35. The van der Waals surface area contributed by atoms with Crippen molar-refractivity contribution in [1.82, 2.24) is 4.90 Å². The molecule has 0 aromatic heterocycles. The summed E-state index contributed by atoms with van der Waals surface area (Å²) in [6, 6.07) is 11.8. The number of benzene rings is 2. The van der Waals surface area contributed by atoms with Crippen LogP contribution in [-0.2, 0) is 23.8 Å². The van der Waals surface area contributed by atoms with Gasteiger partial charge in [0.2, 0.25) is 0 Å². The molecule has 4 rings (SSSR count). The van der Waals surface area contributed by atoms with E-state index in [2.05, 4.69) is 11.8 Å².